The summed E-state index contributed by atoms with van der Waals surface area (Å²) in [7, 11) is -1.71. The second kappa shape index (κ2) is 12.1. The van der Waals surface area contributed by atoms with Crippen LogP contribution in [0.25, 0.3) is 16.5 Å². The number of fused-ring (bicyclic) bond motifs is 1. The topological polar surface area (TPSA) is 80.7 Å². The number of rotatable bonds is 8. The molecule has 2 N–H and O–H groups in total. The van der Waals surface area contributed by atoms with Crippen LogP contribution in [0.1, 0.15) is 19.4 Å². The van der Waals surface area contributed by atoms with Gasteiger partial charge >= 0.3 is 6.03 Å². The summed E-state index contributed by atoms with van der Waals surface area (Å²) in [6.07, 6.45) is 0.461. The number of amides is 2. The highest BCUT2D eigenvalue weighted by atomic mass is 28.3. The average molecular weight is 572 g/mol. The van der Waals surface area contributed by atoms with Crippen LogP contribution in [0.3, 0.4) is 0 Å². The van der Waals surface area contributed by atoms with Crippen LogP contribution in [-0.2, 0) is 4.74 Å². The molecule has 5 rings (SSSR count). The molecule has 0 radical (unpaired) electrons. The molecule has 4 aromatic rings. The second-order valence-electron chi connectivity index (χ2n) is 12.0. The van der Waals surface area contributed by atoms with E-state index in [0.29, 0.717) is 18.1 Å². The predicted octanol–water partition coefficient (Wildman–Crippen LogP) is 6.01. The number of anilines is 2. The molecule has 0 bridgehead atoms. The van der Waals surface area contributed by atoms with E-state index in [2.05, 4.69) is 55.9 Å². The lowest BCUT2D eigenvalue weighted by molar-refractivity contribution is -0.0699. The number of hydrogen-bond donors (Lipinski definition) is 2. The summed E-state index contributed by atoms with van der Waals surface area (Å²) in [6.45, 7) is 16.3. The zero-order valence-corrected chi connectivity index (χ0v) is 25.9. The van der Waals surface area contributed by atoms with Gasteiger partial charge in [0.15, 0.2) is 0 Å². The second-order valence-corrected chi connectivity index (χ2v) is 17.0. The maximum atomic E-state index is 13.3. The lowest BCUT2D eigenvalue weighted by Crippen LogP contribution is -2.46. The largest absolute Gasteiger partial charge is 0.492 e. The van der Waals surface area contributed by atoms with Gasteiger partial charge in [0.1, 0.15) is 26.2 Å². The van der Waals surface area contributed by atoms with Gasteiger partial charge in [-0.3, -0.25) is 10.2 Å². The van der Waals surface area contributed by atoms with E-state index in [1.165, 1.54) is 5.56 Å². The molecule has 1 fully saturated rings. The molecule has 1 aliphatic rings. The first-order valence-corrected chi connectivity index (χ1v) is 17.8. The van der Waals surface area contributed by atoms with Crippen molar-refractivity contribution < 1.29 is 14.3 Å². The molecule has 1 aliphatic heterocycles. The third kappa shape index (κ3) is 6.98. The number of morpholine rings is 1. The zero-order valence-electron chi connectivity index (χ0n) is 24.9. The van der Waals surface area contributed by atoms with E-state index < -0.39 is 8.07 Å². The Morgan fingerprint density at radius 2 is 1.66 bits per heavy atom. The number of ether oxygens (including phenoxy) is 2. The number of carbonyl (C=O) groups excluding carboxylic acids is 1. The average Bonchev–Trinajstić information content (AvgIpc) is 3.34. The highest BCUT2D eigenvalue weighted by Crippen LogP contribution is 2.32. The molecule has 3 aromatic carbocycles. The van der Waals surface area contributed by atoms with Gasteiger partial charge < -0.3 is 14.8 Å². The van der Waals surface area contributed by atoms with Crippen molar-refractivity contribution in [3.8, 4) is 11.4 Å². The fourth-order valence-corrected chi connectivity index (χ4v) is 6.22. The normalized spacial score (nSPS) is 17.9. The Morgan fingerprint density at radius 3 is 2.34 bits per heavy atom. The van der Waals surface area contributed by atoms with Crippen LogP contribution >= 0.6 is 0 Å². The number of hydrogen-bond acceptors (Lipinski definition) is 5. The minimum absolute atomic E-state index is 0.230. The summed E-state index contributed by atoms with van der Waals surface area (Å²) in [5.41, 5.74) is 2.79. The lowest BCUT2D eigenvalue weighted by Gasteiger charge is -2.35. The molecule has 0 saturated carbocycles. The monoisotopic (exact) mass is 571 g/mol. The molecule has 41 heavy (non-hydrogen) atoms. The van der Waals surface area contributed by atoms with Crippen LogP contribution in [0.2, 0.25) is 19.6 Å². The van der Waals surface area contributed by atoms with Crippen molar-refractivity contribution in [3.63, 3.8) is 0 Å². The molecule has 0 unspecified atom stereocenters. The van der Waals surface area contributed by atoms with E-state index in [1.54, 1.807) is 0 Å². The predicted molar refractivity (Wildman–Crippen MR) is 170 cm³/mol. The summed E-state index contributed by atoms with van der Waals surface area (Å²) in [5, 5.41) is 13.9. The Kier molecular flexibility index (Phi) is 8.49. The summed E-state index contributed by atoms with van der Waals surface area (Å²) < 4.78 is 13.9. The third-order valence-electron chi connectivity index (χ3n) is 7.29. The summed E-state index contributed by atoms with van der Waals surface area (Å²) >= 11 is 0. The summed E-state index contributed by atoms with van der Waals surface area (Å²) in [4.78, 5) is 15.7. The maximum Gasteiger partial charge on any atom is 0.324 e. The van der Waals surface area contributed by atoms with E-state index >= 15 is 0 Å². The molecule has 2 atom stereocenters. The van der Waals surface area contributed by atoms with Crippen molar-refractivity contribution in [2.24, 2.45) is 0 Å². The van der Waals surface area contributed by atoms with Crippen LogP contribution in [0.4, 0.5) is 16.3 Å². The van der Waals surface area contributed by atoms with Crippen LogP contribution in [0.5, 0.6) is 5.75 Å². The molecule has 1 saturated heterocycles. The quantitative estimate of drug-likeness (QED) is 0.253. The van der Waals surface area contributed by atoms with E-state index in [4.69, 9.17) is 14.6 Å². The highest BCUT2D eigenvalue weighted by molar-refractivity contribution is 6.88. The molecule has 0 spiro atoms. The minimum Gasteiger partial charge on any atom is -0.492 e. The first kappa shape index (κ1) is 28.9. The molecule has 9 heteroatoms. The standard InChI is InChI=1S/C32H41N5O3Si/c1-22-11-13-25(14-12-22)37-30(19-31(35-37)41(4,5)6)34-32(38)33-28-15-16-29(27-10-8-7-9-26(27)28)39-18-17-36-20-23(2)40-24(3)21-36/h7-16,19,23-24H,17-18,20-21H2,1-6H3,(H2,33,34,38)/t23-,24-/m0/s1. The highest BCUT2D eigenvalue weighted by Gasteiger charge is 2.24. The third-order valence-corrected chi connectivity index (χ3v) is 9.07. The number of aromatic nitrogens is 2. The van der Waals surface area contributed by atoms with Crippen LogP contribution in [0.15, 0.2) is 66.7 Å². The van der Waals surface area contributed by atoms with Gasteiger partial charge in [-0.05, 0) is 51.1 Å². The number of nitrogens with one attached hydrogen (secondary N) is 2. The first-order chi connectivity index (χ1) is 19.6. The fraction of sp³-hybridized carbons (Fsp3) is 0.375. The smallest absolute Gasteiger partial charge is 0.324 e. The Hall–Kier alpha value is -3.66. The van der Waals surface area contributed by atoms with Gasteiger partial charge in [0.2, 0.25) is 0 Å². The molecule has 2 heterocycles. The number of urea groups is 1. The number of nitrogens with zero attached hydrogens (tertiary/aromatic N) is 3. The van der Waals surface area contributed by atoms with Gasteiger partial charge in [0.25, 0.3) is 0 Å². The Balaban J connectivity index is 1.31. The number of carbonyl (C=O) groups is 1. The van der Waals surface area contributed by atoms with Crippen LogP contribution < -0.4 is 20.7 Å². The number of benzene rings is 3. The van der Waals surface area contributed by atoms with Gasteiger partial charge in [-0.1, -0.05) is 61.6 Å². The van der Waals surface area contributed by atoms with Gasteiger partial charge in [0.05, 0.1) is 23.6 Å². The Labute approximate surface area is 243 Å². The Morgan fingerprint density at radius 1 is 0.976 bits per heavy atom. The molecule has 1 aromatic heterocycles. The van der Waals surface area contributed by atoms with E-state index in [-0.39, 0.29) is 18.2 Å². The van der Waals surface area contributed by atoms with Gasteiger partial charge in [-0.2, -0.15) is 5.10 Å². The van der Waals surface area contributed by atoms with Crippen molar-refractivity contribution in [1.29, 1.82) is 0 Å². The lowest BCUT2D eigenvalue weighted by atomic mass is 10.1. The summed E-state index contributed by atoms with van der Waals surface area (Å²) in [5.74, 6) is 1.44. The van der Waals surface area contributed by atoms with Crippen molar-refractivity contribution in [3.05, 3.63) is 72.3 Å². The fourth-order valence-electron chi connectivity index (χ4n) is 5.25. The van der Waals surface area contributed by atoms with E-state index in [0.717, 1.165) is 47.2 Å². The maximum absolute atomic E-state index is 13.3. The van der Waals surface area contributed by atoms with Crippen LogP contribution in [-0.4, -0.2) is 67.2 Å². The number of aryl methyl sites for hydroxylation is 1. The molecular weight excluding hydrogens is 530 g/mol. The van der Waals surface area contributed by atoms with Gasteiger partial charge in [0, 0.05) is 35.7 Å². The zero-order chi connectivity index (χ0) is 29.1. The molecule has 216 valence electrons. The SMILES string of the molecule is Cc1ccc(-n2nc([Si](C)(C)C)cc2NC(=O)Nc2ccc(OCCN3C[C@H](C)O[C@@H](C)C3)c3ccccc23)cc1. The molecule has 0 aliphatic carbocycles. The van der Waals surface area contributed by atoms with Crippen molar-refractivity contribution in [2.45, 2.75) is 52.6 Å². The Bertz CT molecular complexity index is 1500. The molecule has 8 nitrogen and oxygen atoms in total. The van der Waals surface area contributed by atoms with Gasteiger partial charge in [-0.15, -0.1) is 0 Å². The molecule has 2 amide bonds. The van der Waals surface area contributed by atoms with E-state index in [1.807, 2.05) is 71.4 Å². The summed E-state index contributed by atoms with van der Waals surface area (Å²) in [6, 6.07) is 21.6. The van der Waals surface area contributed by atoms with Crippen LogP contribution in [0, 0.1) is 6.92 Å². The van der Waals surface area contributed by atoms with Gasteiger partial charge in [-0.25, -0.2) is 9.48 Å². The molecular formula is C32H41N5O3Si. The van der Waals surface area contributed by atoms with E-state index in [9.17, 15) is 4.79 Å². The van der Waals surface area contributed by atoms with Crippen molar-refractivity contribution >= 4 is 41.7 Å². The first-order valence-electron chi connectivity index (χ1n) is 14.3. The van der Waals surface area contributed by atoms with Crippen molar-refractivity contribution in [2.75, 3.05) is 36.9 Å². The minimum atomic E-state index is -1.71. The van der Waals surface area contributed by atoms with Crippen molar-refractivity contribution in [1.82, 2.24) is 14.7 Å².